The van der Waals surface area contributed by atoms with Gasteiger partial charge in [-0.1, -0.05) is 6.07 Å². The summed E-state index contributed by atoms with van der Waals surface area (Å²) in [7, 11) is 0. The molecule has 1 saturated carbocycles. The molecule has 2 amide bonds. The molecular weight excluding hydrogens is 443 g/mol. The van der Waals surface area contributed by atoms with E-state index >= 15 is 0 Å². The molecule has 3 aromatic rings. The SMILES string of the molecule is O=C(c1ccco1)N(CC(=O)N1CCc2sccc2C1COc1cccc(F)c1)CC1CC1. The Kier molecular flexibility index (Phi) is 6.17. The van der Waals surface area contributed by atoms with Gasteiger partial charge in [0.25, 0.3) is 5.91 Å². The molecule has 1 unspecified atom stereocenters. The number of ether oxygens (including phenoxy) is 1. The van der Waals surface area contributed by atoms with Gasteiger partial charge in [0.2, 0.25) is 5.91 Å². The fraction of sp³-hybridized carbons (Fsp3) is 0.360. The van der Waals surface area contributed by atoms with Crippen LogP contribution < -0.4 is 4.74 Å². The maximum Gasteiger partial charge on any atom is 0.290 e. The molecule has 1 fully saturated rings. The van der Waals surface area contributed by atoms with Gasteiger partial charge in [-0.2, -0.15) is 0 Å². The summed E-state index contributed by atoms with van der Waals surface area (Å²) < 4.78 is 24.8. The molecule has 2 aromatic heterocycles. The van der Waals surface area contributed by atoms with Gasteiger partial charge in [0.1, 0.15) is 24.7 Å². The second-order valence-corrected chi connectivity index (χ2v) is 9.53. The van der Waals surface area contributed by atoms with E-state index in [1.54, 1.807) is 45.4 Å². The number of hydrogen-bond acceptors (Lipinski definition) is 5. The summed E-state index contributed by atoms with van der Waals surface area (Å²) in [4.78, 5) is 31.1. The number of rotatable bonds is 8. The lowest BCUT2D eigenvalue weighted by Crippen LogP contribution is -2.48. The zero-order valence-electron chi connectivity index (χ0n) is 18.1. The van der Waals surface area contributed by atoms with Crippen LogP contribution in [-0.4, -0.2) is 47.9 Å². The fourth-order valence-electron chi connectivity index (χ4n) is 4.25. The van der Waals surface area contributed by atoms with Crippen molar-refractivity contribution in [1.29, 1.82) is 0 Å². The van der Waals surface area contributed by atoms with Gasteiger partial charge in [0.05, 0.1) is 12.3 Å². The molecule has 8 heteroatoms. The van der Waals surface area contributed by atoms with Gasteiger partial charge in [-0.3, -0.25) is 9.59 Å². The second-order valence-electron chi connectivity index (χ2n) is 8.53. The van der Waals surface area contributed by atoms with E-state index in [4.69, 9.17) is 9.15 Å². The standard InChI is InChI=1S/C25H25FN2O4S/c26-18-3-1-4-19(13-18)32-16-21-20-9-12-33-23(20)8-10-28(21)24(29)15-27(14-17-6-7-17)25(30)22-5-2-11-31-22/h1-5,9,11-13,17,21H,6-8,10,14-16H2. The number of hydrogen-bond donors (Lipinski definition) is 0. The Morgan fingerprint density at radius 1 is 1.21 bits per heavy atom. The molecule has 1 aliphatic heterocycles. The third-order valence-electron chi connectivity index (χ3n) is 6.14. The summed E-state index contributed by atoms with van der Waals surface area (Å²) in [5.74, 6) is 0.351. The number of fused-ring (bicyclic) bond motifs is 1. The fourth-order valence-corrected chi connectivity index (χ4v) is 5.18. The van der Waals surface area contributed by atoms with Crippen molar-refractivity contribution in [3.8, 4) is 5.75 Å². The van der Waals surface area contributed by atoms with Crippen molar-refractivity contribution in [3.05, 3.63) is 76.1 Å². The lowest BCUT2D eigenvalue weighted by atomic mass is 10.0. The van der Waals surface area contributed by atoms with Crippen molar-refractivity contribution in [1.82, 2.24) is 9.80 Å². The summed E-state index contributed by atoms with van der Waals surface area (Å²) in [6.07, 6.45) is 4.38. The highest BCUT2D eigenvalue weighted by Gasteiger charge is 2.35. The first-order chi connectivity index (χ1) is 16.1. The van der Waals surface area contributed by atoms with E-state index in [9.17, 15) is 14.0 Å². The molecule has 0 bridgehead atoms. The van der Waals surface area contributed by atoms with Gasteiger partial charge in [-0.15, -0.1) is 11.3 Å². The minimum absolute atomic E-state index is 0.00797. The van der Waals surface area contributed by atoms with E-state index in [-0.39, 0.29) is 42.6 Å². The second kappa shape index (κ2) is 9.39. The average molecular weight is 469 g/mol. The zero-order chi connectivity index (χ0) is 22.8. The van der Waals surface area contributed by atoms with Crippen LogP contribution >= 0.6 is 11.3 Å². The number of carbonyl (C=O) groups excluding carboxylic acids is 2. The molecule has 172 valence electrons. The molecule has 33 heavy (non-hydrogen) atoms. The summed E-state index contributed by atoms with van der Waals surface area (Å²) in [5, 5.41) is 2.02. The number of benzene rings is 1. The monoisotopic (exact) mass is 468 g/mol. The van der Waals surface area contributed by atoms with E-state index in [2.05, 4.69) is 0 Å². The Morgan fingerprint density at radius 3 is 2.85 bits per heavy atom. The minimum atomic E-state index is -0.368. The number of carbonyl (C=O) groups is 2. The Hall–Kier alpha value is -3.13. The van der Waals surface area contributed by atoms with Crippen molar-refractivity contribution < 1.29 is 23.1 Å². The van der Waals surface area contributed by atoms with Crippen LogP contribution in [0.25, 0.3) is 0 Å². The maximum atomic E-state index is 13.6. The highest BCUT2D eigenvalue weighted by Crippen LogP contribution is 2.35. The van der Waals surface area contributed by atoms with E-state index < -0.39 is 0 Å². The molecular formula is C25H25FN2O4S. The molecule has 0 N–H and O–H groups in total. The van der Waals surface area contributed by atoms with Crippen LogP contribution in [0.1, 0.15) is 39.9 Å². The average Bonchev–Trinajstić information content (AvgIpc) is 3.26. The lowest BCUT2D eigenvalue weighted by Gasteiger charge is -2.37. The highest BCUT2D eigenvalue weighted by atomic mass is 32.1. The molecule has 6 nitrogen and oxygen atoms in total. The van der Waals surface area contributed by atoms with Gasteiger partial charge in [0.15, 0.2) is 5.76 Å². The van der Waals surface area contributed by atoms with Crippen molar-refractivity contribution in [3.63, 3.8) is 0 Å². The number of thiophene rings is 1. The van der Waals surface area contributed by atoms with Crippen LogP contribution in [0.15, 0.2) is 58.5 Å². The first-order valence-corrected chi connectivity index (χ1v) is 12.0. The van der Waals surface area contributed by atoms with Crippen molar-refractivity contribution in [2.24, 2.45) is 5.92 Å². The van der Waals surface area contributed by atoms with Gasteiger partial charge >= 0.3 is 0 Å². The third kappa shape index (κ3) is 4.95. The van der Waals surface area contributed by atoms with Crippen LogP contribution in [0, 0.1) is 11.7 Å². The van der Waals surface area contributed by atoms with Crippen molar-refractivity contribution in [2.75, 3.05) is 26.2 Å². The van der Waals surface area contributed by atoms with E-state index in [0.717, 1.165) is 24.8 Å². The molecule has 0 radical (unpaired) electrons. The molecule has 3 heterocycles. The Bertz CT molecular complexity index is 1130. The Morgan fingerprint density at radius 2 is 2.09 bits per heavy atom. The number of nitrogens with zero attached hydrogens (tertiary/aromatic N) is 2. The number of furan rings is 1. The van der Waals surface area contributed by atoms with E-state index in [1.165, 1.54) is 23.3 Å². The predicted octanol–water partition coefficient (Wildman–Crippen LogP) is 4.54. The van der Waals surface area contributed by atoms with E-state index in [1.807, 2.05) is 11.4 Å². The molecule has 1 atom stereocenters. The molecule has 1 aromatic carbocycles. The quantitative estimate of drug-likeness (QED) is 0.487. The van der Waals surface area contributed by atoms with Crippen LogP contribution in [-0.2, 0) is 11.2 Å². The number of halogens is 1. The van der Waals surface area contributed by atoms with Gasteiger partial charge in [-0.05, 0) is 66.5 Å². The summed E-state index contributed by atoms with van der Waals surface area (Å²) in [6.45, 7) is 1.31. The Labute approximate surface area is 195 Å². The van der Waals surface area contributed by atoms with Gasteiger partial charge in [-0.25, -0.2) is 4.39 Å². The predicted molar refractivity (Wildman–Crippen MR) is 122 cm³/mol. The zero-order valence-corrected chi connectivity index (χ0v) is 18.9. The summed E-state index contributed by atoms with van der Waals surface area (Å²) in [6, 6.07) is 11.0. The van der Waals surface area contributed by atoms with Crippen LogP contribution in [0.3, 0.4) is 0 Å². The maximum absolute atomic E-state index is 13.6. The molecule has 1 aliphatic carbocycles. The largest absolute Gasteiger partial charge is 0.491 e. The van der Waals surface area contributed by atoms with Crippen molar-refractivity contribution in [2.45, 2.75) is 25.3 Å². The van der Waals surface area contributed by atoms with Crippen LogP contribution in [0.2, 0.25) is 0 Å². The topological polar surface area (TPSA) is 63.0 Å². The minimum Gasteiger partial charge on any atom is -0.491 e. The van der Waals surface area contributed by atoms with Crippen molar-refractivity contribution >= 4 is 23.2 Å². The van der Waals surface area contributed by atoms with Gasteiger partial charge in [0, 0.05) is 24.0 Å². The van der Waals surface area contributed by atoms with Crippen LogP contribution in [0.5, 0.6) is 5.75 Å². The highest BCUT2D eigenvalue weighted by molar-refractivity contribution is 7.10. The number of amides is 2. The third-order valence-corrected chi connectivity index (χ3v) is 7.14. The van der Waals surface area contributed by atoms with Gasteiger partial charge < -0.3 is 19.0 Å². The summed E-state index contributed by atoms with van der Waals surface area (Å²) in [5.41, 5.74) is 1.06. The molecule has 0 saturated heterocycles. The Balaban J connectivity index is 1.33. The summed E-state index contributed by atoms with van der Waals surface area (Å²) >= 11 is 1.67. The normalized spacial score (nSPS) is 17.5. The molecule has 5 rings (SSSR count). The molecule has 0 spiro atoms. The van der Waals surface area contributed by atoms with Crippen LogP contribution in [0.4, 0.5) is 4.39 Å². The lowest BCUT2D eigenvalue weighted by molar-refractivity contribution is -0.135. The van der Waals surface area contributed by atoms with E-state index in [0.29, 0.717) is 24.8 Å². The smallest absolute Gasteiger partial charge is 0.290 e. The molecule has 2 aliphatic rings. The first-order valence-electron chi connectivity index (χ1n) is 11.2. The first kappa shape index (κ1) is 21.7.